The van der Waals surface area contributed by atoms with Crippen molar-refractivity contribution in [3.05, 3.63) is 0 Å². The van der Waals surface area contributed by atoms with Crippen LogP contribution < -0.4 is 5.32 Å². The van der Waals surface area contributed by atoms with Gasteiger partial charge in [-0.25, -0.2) is 0 Å². The first-order valence-corrected chi connectivity index (χ1v) is 8.18. The molecule has 0 aromatic carbocycles. The summed E-state index contributed by atoms with van der Waals surface area (Å²) in [5.74, 6) is 0.213. The summed E-state index contributed by atoms with van der Waals surface area (Å²) in [4.78, 5) is 27.3. The monoisotopic (exact) mass is 280 g/mol. The Labute approximate surface area is 122 Å². The Balaban J connectivity index is 2.34. The van der Waals surface area contributed by atoms with E-state index >= 15 is 0 Å². The van der Waals surface area contributed by atoms with E-state index in [1.54, 1.807) is 0 Å². The summed E-state index contributed by atoms with van der Waals surface area (Å²) < 4.78 is 0. The highest BCUT2D eigenvalue weighted by Gasteiger charge is 2.48. The third-order valence-electron chi connectivity index (χ3n) is 5.02. The molecular weight excluding hydrogens is 252 g/mol. The maximum absolute atomic E-state index is 13.1. The molecule has 1 saturated carbocycles. The summed E-state index contributed by atoms with van der Waals surface area (Å²) >= 11 is 0. The zero-order valence-electron chi connectivity index (χ0n) is 13.1. The van der Waals surface area contributed by atoms with Gasteiger partial charge in [0.2, 0.25) is 11.8 Å². The fourth-order valence-corrected chi connectivity index (χ4v) is 3.89. The van der Waals surface area contributed by atoms with Gasteiger partial charge in [-0.3, -0.25) is 9.59 Å². The molecule has 2 amide bonds. The number of carbonyl (C=O) groups is 2. The molecule has 0 aromatic heterocycles. The molecule has 1 saturated heterocycles. The molecule has 2 aliphatic rings. The van der Waals surface area contributed by atoms with Gasteiger partial charge in [0.05, 0.1) is 0 Å². The Kier molecular flexibility index (Phi) is 4.71. The van der Waals surface area contributed by atoms with Crippen molar-refractivity contribution in [3.8, 4) is 0 Å². The lowest BCUT2D eigenvalue weighted by Gasteiger charge is -2.42. The molecule has 4 heteroatoms. The average molecular weight is 280 g/mol. The van der Waals surface area contributed by atoms with Gasteiger partial charge >= 0.3 is 0 Å². The average Bonchev–Trinajstić information content (AvgIpc) is 2.51. The van der Waals surface area contributed by atoms with Crippen molar-refractivity contribution < 1.29 is 9.59 Å². The van der Waals surface area contributed by atoms with Crippen molar-refractivity contribution >= 4 is 11.8 Å². The van der Waals surface area contributed by atoms with Crippen molar-refractivity contribution in [1.29, 1.82) is 0 Å². The minimum atomic E-state index is -0.608. The van der Waals surface area contributed by atoms with Gasteiger partial charge in [0.25, 0.3) is 0 Å². The SMILES string of the molecule is CCC(CC)N1C(=O)C2(CCCCC2)NC(=O)CC1C. The van der Waals surface area contributed by atoms with E-state index in [-0.39, 0.29) is 23.9 Å². The largest absolute Gasteiger partial charge is 0.342 e. The Bertz CT molecular complexity index is 371. The summed E-state index contributed by atoms with van der Waals surface area (Å²) in [5.41, 5.74) is -0.608. The number of amides is 2. The van der Waals surface area contributed by atoms with Crippen LogP contribution in [-0.2, 0) is 9.59 Å². The van der Waals surface area contributed by atoms with Gasteiger partial charge in [-0.1, -0.05) is 33.1 Å². The predicted molar refractivity (Wildman–Crippen MR) is 79.3 cm³/mol. The molecule has 1 heterocycles. The molecule has 1 atom stereocenters. The van der Waals surface area contributed by atoms with Crippen molar-refractivity contribution in [3.63, 3.8) is 0 Å². The van der Waals surface area contributed by atoms with Gasteiger partial charge in [0, 0.05) is 18.5 Å². The van der Waals surface area contributed by atoms with Crippen LogP contribution in [0.3, 0.4) is 0 Å². The van der Waals surface area contributed by atoms with E-state index in [0.29, 0.717) is 6.42 Å². The molecular formula is C16H28N2O2. The van der Waals surface area contributed by atoms with Crippen LogP contribution in [0.15, 0.2) is 0 Å². The summed E-state index contributed by atoms with van der Waals surface area (Å²) in [7, 11) is 0. The van der Waals surface area contributed by atoms with Gasteiger partial charge in [-0.2, -0.15) is 0 Å². The van der Waals surface area contributed by atoms with Crippen LogP contribution in [0.1, 0.15) is 72.1 Å². The van der Waals surface area contributed by atoms with E-state index in [1.165, 1.54) is 6.42 Å². The lowest BCUT2D eigenvalue weighted by molar-refractivity contribution is -0.144. The van der Waals surface area contributed by atoms with Crippen LogP contribution in [0.4, 0.5) is 0 Å². The fourth-order valence-electron chi connectivity index (χ4n) is 3.89. The van der Waals surface area contributed by atoms with Crippen molar-refractivity contribution in [2.24, 2.45) is 0 Å². The van der Waals surface area contributed by atoms with Crippen LogP contribution in [0.2, 0.25) is 0 Å². The molecule has 0 aromatic rings. The van der Waals surface area contributed by atoms with Gasteiger partial charge in [-0.15, -0.1) is 0 Å². The van der Waals surface area contributed by atoms with Crippen molar-refractivity contribution in [2.75, 3.05) is 0 Å². The zero-order valence-corrected chi connectivity index (χ0v) is 13.1. The lowest BCUT2D eigenvalue weighted by Crippen LogP contribution is -2.60. The molecule has 20 heavy (non-hydrogen) atoms. The smallest absolute Gasteiger partial charge is 0.248 e. The number of nitrogens with one attached hydrogen (secondary N) is 1. The first-order valence-electron chi connectivity index (χ1n) is 8.18. The number of carbonyl (C=O) groups excluding carboxylic acids is 2. The molecule has 0 bridgehead atoms. The third-order valence-corrected chi connectivity index (χ3v) is 5.02. The number of nitrogens with zero attached hydrogens (tertiary/aromatic N) is 1. The fraction of sp³-hybridized carbons (Fsp3) is 0.875. The van der Waals surface area contributed by atoms with E-state index in [9.17, 15) is 9.59 Å². The van der Waals surface area contributed by atoms with Crippen molar-refractivity contribution in [1.82, 2.24) is 10.2 Å². The molecule has 1 N–H and O–H groups in total. The molecule has 2 rings (SSSR count). The highest BCUT2D eigenvalue weighted by Crippen LogP contribution is 2.34. The normalized spacial score (nSPS) is 26.8. The highest BCUT2D eigenvalue weighted by molar-refractivity contribution is 5.94. The molecule has 1 aliphatic carbocycles. The second-order valence-electron chi connectivity index (χ2n) is 6.43. The number of rotatable bonds is 3. The summed E-state index contributed by atoms with van der Waals surface area (Å²) in [6.07, 6.45) is 7.21. The molecule has 1 spiro atoms. The van der Waals surface area contributed by atoms with Gasteiger partial charge < -0.3 is 10.2 Å². The van der Waals surface area contributed by atoms with Crippen molar-refractivity contribution in [2.45, 2.75) is 89.8 Å². The second kappa shape index (κ2) is 6.15. The molecule has 114 valence electrons. The van der Waals surface area contributed by atoms with Crippen LogP contribution in [0.25, 0.3) is 0 Å². The highest BCUT2D eigenvalue weighted by atomic mass is 16.2. The Morgan fingerprint density at radius 3 is 2.35 bits per heavy atom. The second-order valence-corrected chi connectivity index (χ2v) is 6.43. The zero-order chi connectivity index (χ0) is 14.8. The molecule has 2 fully saturated rings. The predicted octanol–water partition coefficient (Wildman–Crippen LogP) is 2.61. The molecule has 1 unspecified atom stereocenters. The van der Waals surface area contributed by atoms with Gasteiger partial charge in [0.15, 0.2) is 0 Å². The van der Waals surface area contributed by atoms with E-state index in [4.69, 9.17) is 0 Å². The molecule has 0 radical (unpaired) electrons. The summed E-state index contributed by atoms with van der Waals surface area (Å²) in [5, 5.41) is 3.08. The van der Waals surface area contributed by atoms with Crippen LogP contribution >= 0.6 is 0 Å². The minimum Gasteiger partial charge on any atom is -0.342 e. The lowest BCUT2D eigenvalue weighted by atomic mass is 9.80. The Hall–Kier alpha value is -1.06. The quantitative estimate of drug-likeness (QED) is 0.864. The van der Waals surface area contributed by atoms with E-state index in [0.717, 1.165) is 38.5 Å². The van der Waals surface area contributed by atoms with Crippen LogP contribution in [0.5, 0.6) is 0 Å². The molecule has 4 nitrogen and oxygen atoms in total. The standard InChI is InChI=1S/C16H28N2O2/c1-4-13(5-2)18-12(3)11-14(19)17-16(15(18)20)9-7-6-8-10-16/h12-13H,4-11H2,1-3H3,(H,17,19). The maximum Gasteiger partial charge on any atom is 0.248 e. The Morgan fingerprint density at radius 2 is 1.80 bits per heavy atom. The number of hydrogen-bond donors (Lipinski definition) is 1. The van der Waals surface area contributed by atoms with Gasteiger partial charge in [0.1, 0.15) is 5.54 Å². The first-order chi connectivity index (χ1) is 9.54. The summed E-state index contributed by atoms with van der Waals surface area (Å²) in [6, 6.07) is 0.262. The topological polar surface area (TPSA) is 49.4 Å². The maximum atomic E-state index is 13.1. The third kappa shape index (κ3) is 2.70. The first kappa shape index (κ1) is 15.3. The van der Waals surface area contributed by atoms with Gasteiger partial charge in [-0.05, 0) is 32.6 Å². The van der Waals surface area contributed by atoms with E-state index < -0.39 is 5.54 Å². The minimum absolute atomic E-state index is 0.00806. The number of hydrogen-bond acceptors (Lipinski definition) is 2. The van der Waals surface area contributed by atoms with Crippen LogP contribution in [-0.4, -0.2) is 34.3 Å². The van der Waals surface area contributed by atoms with E-state index in [1.807, 2.05) is 11.8 Å². The summed E-state index contributed by atoms with van der Waals surface area (Å²) in [6.45, 7) is 6.27. The molecule has 1 aliphatic heterocycles. The van der Waals surface area contributed by atoms with Crippen LogP contribution in [0, 0.1) is 0 Å². The van der Waals surface area contributed by atoms with E-state index in [2.05, 4.69) is 19.2 Å². The Morgan fingerprint density at radius 1 is 1.20 bits per heavy atom.